The highest BCUT2D eigenvalue weighted by molar-refractivity contribution is 9.11. The fourth-order valence-electron chi connectivity index (χ4n) is 1.49. The Morgan fingerprint density at radius 1 is 1.50 bits per heavy atom. The van der Waals surface area contributed by atoms with E-state index in [9.17, 15) is 4.79 Å². The lowest BCUT2D eigenvalue weighted by atomic mass is 10.1. The summed E-state index contributed by atoms with van der Waals surface area (Å²) in [6.45, 7) is 2.31. The molecule has 0 aliphatic carbocycles. The summed E-state index contributed by atoms with van der Waals surface area (Å²) in [7, 11) is 0. The third-order valence-corrected chi connectivity index (χ3v) is 3.72. The van der Waals surface area contributed by atoms with Crippen LogP contribution in [0.15, 0.2) is 15.4 Å². The van der Waals surface area contributed by atoms with Gasteiger partial charge in [-0.25, -0.2) is 4.98 Å². The normalized spacial score (nSPS) is 11.0. The summed E-state index contributed by atoms with van der Waals surface area (Å²) in [5.74, 6) is -0.0830. The van der Waals surface area contributed by atoms with E-state index in [-0.39, 0.29) is 5.97 Å². The lowest BCUT2D eigenvalue weighted by Gasteiger charge is -2.00. The first kappa shape index (κ1) is 15.4. The predicted molar refractivity (Wildman–Crippen MR) is 78.6 cm³/mol. The van der Waals surface area contributed by atoms with E-state index in [0.717, 1.165) is 35.3 Å². The van der Waals surface area contributed by atoms with Crippen molar-refractivity contribution >= 4 is 39.3 Å². The second-order valence-corrected chi connectivity index (χ2v) is 5.97. The van der Waals surface area contributed by atoms with Crippen LogP contribution in [-0.4, -0.2) is 17.6 Å². The van der Waals surface area contributed by atoms with Gasteiger partial charge in [0.05, 0.1) is 12.3 Å². The number of carbonyl (C=O) groups is 1. The number of rotatable bonds is 8. The molecule has 0 unspecified atom stereocenters. The first-order valence-electron chi connectivity index (χ1n) is 6.15. The van der Waals surface area contributed by atoms with Crippen molar-refractivity contribution in [1.82, 2.24) is 4.98 Å². The molecule has 1 rings (SSSR count). The molecular weight excluding hydrogens is 314 g/mol. The Morgan fingerprint density at radius 2 is 2.33 bits per heavy atom. The van der Waals surface area contributed by atoms with Crippen LogP contribution in [0.1, 0.15) is 44.7 Å². The van der Waals surface area contributed by atoms with Gasteiger partial charge >= 0.3 is 5.97 Å². The molecule has 0 bridgehead atoms. The molecule has 100 valence electrons. The molecule has 0 atom stereocenters. The van der Waals surface area contributed by atoms with Gasteiger partial charge in [-0.2, -0.15) is 0 Å². The van der Waals surface area contributed by atoms with Gasteiger partial charge in [0.1, 0.15) is 0 Å². The molecule has 3 nitrogen and oxygen atoms in total. The Morgan fingerprint density at radius 3 is 3.00 bits per heavy atom. The molecule has 5 heteroatoms. The van der Waals surface area contributed by atoms with Gasteiger partial charge in [0.25, 0.3) is 0 Å². The van der Waals surface area contributed by atoms with E-state index in [1.165, 1.54) is 0 Å². The van der Waals surface area contributed by atoms with Crippen molar-refractivity contribution in [3.8, 4) is 0 Å². The molecule has 1 aromatic rings. The van der Waals surface area contributed by atoms with E-state index in [4.69, 9.17) is 4.74 Å². The number of aromatic nitrogens is 1. The number of carbonyl (C=O) groups excluding carboxylic acids is 1. The second kappa shape index (κ2) is 9.28. The Labute approximate surface area is 120 Å². The highest BCUT2D eigenvalue weighted by atomic mass is 79.9. The predicted octanol–water partition coefficient (Wildman–Crippen LogP) is 4.43. The van der Waals surface area contributed by atoms with Crippen LogP contribution >= 0.6 is 27.3 Å². The van der Waals surface area contributed by atoms with Gasteiger partial charge < -0.3 is 4.74 Å². The molecule has 0 fully saturated rings. The molecular formula is C13H18BrNO2S. The maximum absolute atomic E-state index is 11.1. The van der Waals surface area contributed by atoms with Crippen molar-refractivity contribution in [1.29, 1.82) is 0 Å². The summed E-state index contributed by atoms with van der Waals surface area (Å²) in [5.41, 5.74) is 0.999. The lowest BCUT2D eigenvalue weighted by molar-refractivity contribution is -0.143. The largest absolute Gasteiger partial charge is 0.466 e. The van der Waals surface area contributed by atoms with Crippen LogP contribution in [-0.2, 0) is 9.53 Å². The van der Waals surface area contributed by atoms with Gasteiger partial charge in [-0.05, 0) is 48.2 Å². The van der Waals surface area contributed by atoms with Gasteiger partial charge in [-0.15, -0.1) is 11.3 Å². The number of allylic oxidation sites excluding steroid dienone is 1. The highest BCUT2D eigenvalue weighted by Gasteiger charge is 1.99. The zero-order chi connectivity index (χ0) is 13.2. The summed E-state index contributed by atoms with van der Waals surface area (Å²) < 4.78 is 5.78. The monoisotopic (exact) mass is 331 g/mol. The first-order valence-corrected chi connectivity index (χ1v) is 7.83. The zero-order valence-electron chi connectivity index (χ0n) is 10.5. The maximum Gasteiger partial charge on any atom is 0.305 e. The minimum atomic E-state index is -0.0830. The molecule has 0 N–H and O–H groups in total. The van der Waals surface area contributed by atoms with E-state index in [2.05, 4.69) is 27.0 Å². The summed E-state index contributed by atoms with van der Waals surface area (Å²) >= 11 is 4.92. The van der Waals surface area contributed by atoms with Crippen molar-refractivity contribution in [3.05, 3.63) is 21.1 Å². The number of esters is 1. The molecule has 0 saturated carbocycles. The summed E-state index contributed by atoms with van der Waals surface area (Å²) in [4.78, 5) is 15.3. The second-order valence-electron chi connectivity index (χ2n) is 3.83. The summed E-state index contributed by atoms with van der Waals surface area (Å²) in [6, 6.07) is 0. The highest BCUT2D eigenvalue weighted by Crippen LogP contribution is 2.17. The fourth-order valence-corrected chi connectivity index (χ4v) is 2.48. The third kappa shape index (κ3) is 6.91. The molecule has 0 spiro atoms. The van der Waals surface area contributed by atoms with Crippen molar-refractivity contribution in [3.63, 3.8) is 0 Å². The fraction of sp³-hybridized carbons (Fsp3) is 0.538. The Hall–Kier alpha value is -0.680. The van der Waals surface area contributed by atoms with Crippen molar-refractivity contribution < 1.29 is 9.53 Å². The minimum absolute atomic E-state index is 0.0830. The van der Waals surface area contributed by atoms with Crippen molar-refractivity contribution in [2.75, 3.05) is 6.61 Å². The number of hydrogen-bond acceptors (Lipinski definition) is 4. The summed E-state index contributed by atoms with van der Waals surface area (Å²) in [6.07, 6.45) is 8.80. The standard InChI is InChI=1S/C13H18BrNO2S/c1-2-17-12(16)9-7-5-3-4-6-8-11-10-18-13(14)15-11/h6,8,10H,2-5,7,9H2,1H3/b8-6+. The van der Waals surface area contributed by atoms with E-state index in [1.807, 2.05) is 18.4 Å². The average molecular weight is 332 g/mol. The lowest BCUT2D eigenvalue weighted by Crippen LogP contribution is -2.02. The molecule has 0 radical (unpaired) electrons. The Balaban J connectivity index is 2.02. The van der Waals surface area contributed by atoms with E-state index >= 15 is 0 Å². The molecule has 0 aliphatic rings. The van der Waals surface area contributed by atoms with Crippen molar-refractivity contribution in [2.24, 2.45) is 0 Å². The van der Waals surface area contributed by atoms with E-state index in [0.29, 0.717) is 13.0 Å². The molecule has 0 saturated heterocycles. The topological polar surface area (TPSA) is 39.2 Å². The van der Waals surface area contributed by atoms with E-state index < -0.39 is 0 Å². The van der Waals surface area contributed by atoms with Crippen LogP contribution in [0, 0.1) is 0 Å². The van der Waals surface area contributed by atoms with Crippen LogP contribution in [0.3, 0.4) is 0 Å². The van der Waals surface area contributed by atoms with Gasteiger partial charge in [0.2, 0.25) is 0 Å². The number of ether oxygens (including phenoxy) is 1. The average Bonchev–Trinajstić information content (AvgIpc) is 2.74. The van der Waals surface area contributed by atoms with Gasteiger partial charge in [-0.1, -0.05) is 12.5 Å². The molecule has 1 heterocycles. The smallest absolute Gasteiger partial charge is 0.305 e. The zero-order valence-corrected chi connectivity index (χ0v) is 12.9. The summed E-state index contributed by atoms with van der Waals surface area (Å²) in [5, 5.41) is 2.02. The minimum Gasteiger partial charge on any atom is -0.466 e. The van der Waals surface area contributed by atoms with Crippen LogP contribution in [0.5, 0.6) is 0 Å². The Kier molecular flexibility index (Phi) is 7.93. The van der Waals surface area contributed by atoms with Crippen LogP contribution in [0.4, 0.5) is 0 Å². The SMILES string of the molecule is CCOC(=O)CCCCC/C=C/c1csc(Br)n1. The quantitative estimate of drug-likeness (QED) is 0.522. The number of unbranched alkanes of at least 4 members (excludes halogenated alkanes) is 3. The number of thiazole rings is 1. The van der Waals surface area contributed by atoms with Gasteiger partial charge in [-0.3, -0.25) is 4.79 Å². The van der Waals surface area contributed by atoms with Gasteiger partial charge in [0.15, 0.2) is 3.92 Å². The molecule has 18 heavy (non-hydrogen) atoms. The molecule has 0 aromatic carbocycles. The van der Waals surface area contributed by atoms with Crippen molar-refractivity contribution in [2.45, 2.75) is 39.0 Å². The third-order valence-electron chi connectivity index (χ3n) is 2.34. The number of nitrogens with zero attached hydrogens (tertiary/aromatic N) is 1. The van der Waals surface area contributed by atoms with E-state index in [1.54, 1.807) is 11.3 Å². The number of hydrogen-bond donors (Lipinski definition) is 0. The maximum atomic E-state index is 11.1. The van der Waals surface area contributed by atoms with Crippen LogP contribution < -0.4 is 0 Å². The molecule has 1 aromatic heterocycles. The molecule has 0 amide bonds. The van der Waals surface area contributed by atoms with Crippen LogP contribution in [0.2, 0.25) is 0 Å². The van der Waals surface area contributed by atoms with Crippen LogP contribution in [0.25, 0.3) is 6.08 Å². The first-order chi connectivity index (χ1) is 8.72. The Bertz CT molecular complexity index is 390. The molecule has 0 aliphatic heterocycles. The van der Waals surface area contributed by atoms with Gasteiger partial charge in [0, 0.05) is 11.8 Å². The number of halogens is 1.